The first kappa shape index (κ1) is 15.6. The lowest BCUT2D eigenvalue weighted by Gasteiger charge is -2.30. The Morgan fingerprint density at radius 1 is 1.32 bits per heavy atom. The predicted molar refractivity (Wildman–Crippen MR) is 82.1 cm³/mol. The van der Waals surface area contributed by atoms with Gasteiger partial charge in [0, 0.05) is 11.3 Å². The second-order valence-electron chi connectivity index (χ2n) is 4.75. The highest BCUT2D eigenvalue weighted by molar-refractivity contribution is 5.85. The van der Waals surface area contributed by atoms with Crippen molar-refractivity contribution >= 4 is 18.1 Å². The third-order valence-electron chi connectivity index (χ3n) is 3.38. The Morgan fingerprint density at radius 3 is 2.73 bits per heavy atom. The summed E-state index contributed by atoms with van der Waals surface area (Å²) in [7, 11) is 2.88. The number of esters is 1. The summed E-state index contributed by atoms with van der Waals surface area (Å²) >= 11 is 0. The van der Waals surface area contributed by atoms with Gasteiger partial charge in [-0.3, -0.25) is 4.79 Å². The first-order valence-electron chi connectivity index (χ1n) is 6.72. The second-order valence-corrected chi connectivity index (χ2v) is 4.75. The number of carbonyl (C=O) groups is 2. The van der Waals surface area contributed by atoms with E-state index in [2.05, 4.69) is 17.2 Å². The van der Waals surface area contributed by atoms with Gasteiger partial charge in [-0.25, -0.2) is 4.79 Å². The second kappa shape index (κ2) is 6.80. The summed E-state index contributed by atoms with van der Waals surface area (Å²) in [5.74, 6) is -0.451. The number of urea groups is 1. The number of amides is 2. The zero-order chi connectivity index (χ0) is 16.1. The summed E-state index contributed by atoms with van der Waals surface area (Å²) in [5, 5.41) is 5.17. The predicted octanol–water partition coefficient (Wildman–Crippen LogP) is 1.69. The van der Waals surface area contributed by atoms with Crippen molar-refractivity contribution in [1.29, 1.82) is 0 Å². The number of methoxy groups -OCH3 is 2. The van der Waals surface area contributed by atoms with Crippen LogP contribution in [0.3, 0.4) is 0 Å². The Bertz CT molecular complexity index is 624. The lowest BCUT2D eigenvalue weighted by molar-refractivity contribution is -0.144. The molecule has 0 radical (unpaired) electrons. The van der Waals surface area contributed by atoms with Gasteiger partial charge in [-0.1, -0.05) is 36.9 Å². The minimum Gasteiger partial charge on any atom is -0.496 e. The monoisotopic (exact) mass is 302 g/mol. The van der Waals surface area contributed by atoms with Crippen LogP contribution in [0.4, 0.5) is 4.79 Å². The van der Waals surface area contributed by atoms with Gasteiger partial charge in [0.05, 0.1) is 20.3 Å². The summed E-state index contributed by atoms with van der Waals surface area (Å²) in [6.07, 6.45) is 3.52. The Kier molecular flexibility index (Phi) is 4.83. The molecule has 0 spiro atoms. The van der Waals surface area contributed by atoms with E-state index in [0.717, 1.165) is 5.56 Å². The van der Waals surface area contributed by atoms with Gasteiger partial charge < -0.3 is 20.1 Å². The smallest absolute Gasteiger partial charge is 0.319 e. The van der Waals surface area contributed by atoms with Crippen molar-refractivity contribution in [3.63, 3.8) is 0 Å². The molecule has 6 nitrogen and oxygen atoms in total. The standard InChI is InChI=1S/C16H18N2O4/c1-10-14(15(19)22-3)12(18-16(20)17-10)9-8-11-6-4-5-7-13(11)21-2/h4-9,12,14H,1H2,2-3H3,(H2,17,18,20). The summed E-state index contributed by atoms with van der Waals surface area (Å²) < 4.78 is 10.0. The van der Waals surface area contributed by atoms with Crippen LogP contribution < -0.4 is 15.4 Å². The fraction of sp³-hybridized carbons (Fsp3) is 0.250. The summed E-state index contributed by atoms with van der Waals surface area (Å²) in [6.45, 7) is 3.72. The average Bonchev–Trinajstić information content (AvgIpc) is 2.52. The maximum atomic E-state index is 11.9. The van der Waals surface area contributed by atoms with Gasteiger partial charge in [0.25, 0.3) is 0 Å². The van der Waals surface area contributed by atoms with Crippen LogP contribution in [0, 0.1) is 5.92 Å². The molecule has 116 valence electrons. The molecule has 0 aliphatic carbocycles. The number of benzene rings is 1. The molecule has 0 saturated carbocycles. The third kappa shape index (κ3) is 3.28. The molecule has 6 heteroatoms. The molecule has 2 unspecified atom stereocenters. The molecule has 2 amide bonds. The van der Waals surface area contributed by atoms with Crippen molar-refractivity contribution < 1.29 is 19.1 Å². The highest BCUT2D eigenvalue weighted by Gasteiger charge is 2.36. The molecule has 1 aromatic carbocycles. The molecule has 2 atom stereocenters. The molecule has 1 aliphatic heterocycles. The van der Waals surface area contributed by atoms with Crippen LogP contribution in [0.2, 0.25) is 0 Å². The molecule has 1 aromatic rings. The van der Waals surface area contributed by atoms with Crippen LogP contribution in [-0.4, -0.2) is 32.3 Å². The van der Waals surface area contributed by atoms with Crippen molar-refractivity contribution in [2.24, 2.45) is 5.92 Å². The van der Waals surface area contributed by atoms with E-state index in [9.17, 15) is 9.59 Å². The Morgan fingerprint density at radius 2 is 2.05 bits per heavy atom. The van der Waals surface area contributed by atoms with E-state index in [0.29, 0.717) is 11.4 Å². The number of hydrogen-bond donors (Lipinski definition) is 2. The molecule has 1 heterocycles. The fourth-order valence-electron chi connectivity index (χ4n) is 2.30. The highest BCUT2D eigenvalue weighted by atomic mass is 16.5. The van der Waals surface area contributed by atoms with E-state index in [-0.39, 0.29) is 0 Å². The minimum atomic E-state index is -0.686. The van der Waals surface area contributed by atoms with Crippen molar-refractivity contribution in [1.82, 2.24) is 10.6 Å². The number of para-hydroxylation sites is 1. The number of nitrogens with one attached hydrogen (secondary N) is 2. The van der Waals surface area contributed by atoms with Gasteiger partial charge in [0.1, 0.15) is 11.7 Å². The number of ether oxygens (including phenoxy) is 2. The van der Waals surface area contributed by atoms with E-state index >= 15 is 0 Å². The zero-order valence-corrected chi connectivity index (χ0v) is 12.5. The van der Waals surface area contributed by atoms with E-state index in [4.69, 9.17) is 9.47 Å². The molecule has 2 rings (SSSR count). The number of rotatable bonds is 4. The van der Waals surface area contributed by atoms with E-state index in [1.165, 1.54) is 7.11 Å². The van der Waals surface area contributed by atoms with Crippen LogP contribution in [0.25, 0.3) is 6.08 Å². The topological polar surface area (TPSA) is 76.7 Å². The van der Waals surface area contributed by atoms with Crippen LogP contribution in [-0.2, 0) is 9.53 Å². The third-order valence-corrected chi connectivity index (χ3v) is 3.38. The van der Waals surface area contributed by atoms with Gasteiger partial charge >= 0.3 is 12.0 Å². The van der Waals surface area contributed by atoms with Crippen LogP contribution >= 0.6 is 0 Å². The minimum absolute atomic E-state index is 0.310. The van der Waals surface area contributed by atoms with Crippen LogP contribution in [0.15, 0.2) is 42.6 Å². The maximum absolute atomic E-state index is 11.9. The quantitative estimate of drug-likeness (QED) is 0.830. The van der Waals surface area contributed by atoms with Gasteiger partial charge in [-0.15, -0.1) is 0 Å². The average molecular weight is 302 g/mol. The zero-order valence-electron chi connectivity index (χ0n) is 12.5. The number of carbonyl (C=O) groups excluding carboxylic acids is 2. The van der Waals surface area contributed by atoms with E-state index < -0.39 is 24.0 Å². The molecular weight excluding hydrogens is 284 g/mol. The van der Waals surface area contributed by atoms with Gasteiger partial charge in [0.15, 0.2) is 0 Å². The van der Waals surface area contributed by atoms with Gasteiger partial charge in [0.2, 0.25) is 0 Å². The largest absolute Gasteiger partial charge is 0.496 e. The molecule has 1 saturated heterocycles. The molecular formula is C16H18N2O4. The molecule has 1 aliphatic rings. The van der Waals surface area contributed by atoms with Crippen molar-refractivity contribution in [2.75, 3.05) is 14.2 Å². The lowest BCUT2D eigenvalue weighted by atomic mass is 9.94. The van der Waals surface area contributed by atoms with Crippen molar-refractivity contribution in [3.05, 3.63) is 48.2 Å². The Hall–Kier alpha value is -2.76. The van der Waals surface area contributed by atoms with Gasteiger partial charge in [-0.2, -0.15) is 0 Å². The van der Waals surface area contributed by atoms with E-state index in [1.54, 1.807) is 19.3 Å². The fourth-order valence-corrected chi connectivity index (χ4v) is 2.30. The summed E-state index contributed by atoms with van der Waals surface area (Å²) in [4.78, 5) is 23.5. The van der Waals surface area contributed by atoms with E-state index in [1.807, 2.05) is 24.3 Å². The molecule has 2 N–H and O–H groups in total. The van der Waals surface area contributed by atoms with Crippen molar-refractivity contribution in [2.45, 2.75) is 6.04 Å². The summed E-state index contributed by atoms with van der Waals surface area (Å²) in [5.41, 5.74) is 1.15. The normalized spacial score (nSPS) is 21.2. The molecule has 1 fully saturated rings. The van der Waals surface area contributed by atoms with Crippen molar-refractivity contribution in [3.8, 4) is 5.75 Å². The van der Waals surface area contributed by atoms with Gasteiger partial charge in [-0.05, 0) is 6.07 Å². The Labute approximate surface area is 128 Å². The SMILES string of the molecule is C=C1NC(=O)NC(C=Cc2ccccc2OC)C1C(=O)OC. The highest BCUT2D eigenvalue weighted by Crippen LogP contribution is 2.22. The first-order valence-corrected chi connectivity index (χ1v) is 6.72. The number of hydrogen-bond acceptors (Lipinski definition) is 4. The molecule has 0 bridgehead atoms. The first-order chi connectivity index (χ1) is 10.6. The summed E-state index contributed by atoms with van der Waals surface area (Å²) in [6, 6.07) is 6.50. The lowest BCUT2D eigenvalue weighted by Crippen LogP contribution is -2.54. The maximum Gasteiger partial charge on any atom is 0.319 e. The molecule has 0 aromatic heterocycles. The Balaban J connectivity index is 2.27. The molecule has 22 heavy (non-hydrogen) atoms. The van der Waals surface area contributed by atoms with Crippen LogP contribution in [0.5, 0.6) is 5.75 Å². The van der Waals surface area contributed by atoms with Crippen LogP contribution in [0.1, 0.15) is 5.56 Å².